The van der Waals surface area contributed by atoms with Gasteiger partial charge in [-0.2, -0.15) is 0 Å². The number of nitrogens with zero attached hydrogens (tertiary/aromatic N) is 1. The van der Waals surface area contributed by atoms with Crippen molar-refractivity contribution in [3.05, 3.63) is 37.7 Å². The van der Waals surface area contributed by atoms with Crippen molar-refractivity contribution in [1.29, 1.82) is 0 Å². The van der Waals surface area contributed by atoms with E-state index in [1.54, 1.807) is 18.2 Å². The van der Waals surface area contributed by atoms with Gasteiger partial charge in [-0.05, 0) is 40.8 Å². The van der Waals surface area contributed by atoms with Crippen LogP contribution in [0.1, 0.15) is 10.4 Å². The minimum Gasteiger partial charge on any atom is -0.506 e. The first-order valence-corrected chi connectivity index (χ1v) is 5.76. The summed E-state index contributed by atoms with van der Waals surface area (Å²) in [6.07, 6.45) is 0. The van der Waals surface area contributed by atoms with Crippen LogP contribution in [0, 0.1) is 3.57 Å². The highest BCUT2D eigenvalue weighted by Gasteiger charge is 2.20. The van der Waals surface area contributed by atoms with E-state index in [0.29, 0.717) is 10.9 Å². The van der Waals surface area contributed by atoms with E-state index < -0.39 is 22.8 Å². The topological polar surface area (TPSA) is 79.5 Å². The molecule has 0 aliphatic carbocycles. The van der Waals surface area contributed by atoms with Gasteiger partial charge in [-0.1, -0.05) is 0 Å². The van der Waals surface area contributed by atoms with Gasteiger partial charge in [0.05, 0.1) is 5.52 Å². The van der Waals surface area contributed by atoms with Crippen LogP contribution in [0.15, 0.2) is 23.0 Å². The Morgan fingerprint density at radius 3 is 2.65 bits per heavy atom. The number of aromatic nitrogens is 1. The lowest BCUT2D eigenvalue weighted by molar-refractivity contribution is 0.0691. The first-order valence-electron chi connectivity index (χ1n) is 4.68. The van der Waals surface area contributed by atoms with E-state index in [4.69, 9.17) is 5.11 Å². The molecule has 0 aliphatic rings. The number of aryl methyl sites for hydroxylation is 1. The molecule has 6 heteroatoms. The van der Waals surface area contributed by atoms with Crippen LogP contribution in [0.25, 0.3) is 10.9 Å². The second kappa shape index (κ2) is 4.02. The largest absolute Gasteiger partial charge is 0.506 e. The Bertz CT molecular complexity index is 690. The Morgan fingerprint density at radius 1 is 1.41 bits per heavy atom. The van der Waals surface area contributed by atoms with Gasteiger partial charge in [0.25, 0.3) is 5.56 Å². The van der Waals surface area contributed by atoms with Crippen LogP contribution in [0.3, 0.4) is 0 Å². The van der Waals surface area contributed by atoms with Crippen molar-refractivity contribution in [2.75, 3.05) is 0 Å². The summed E-state index contributed by atoms with van der Waals surface area (Å²) in [5.41, 5.74) is -0.816. The lowest BCUT2D eigenvalue weighted by Gasteiger charge is -2.09. The standard InChI is InChI=1S/C11H8INO4/c1-13-7-3-2-5(12)4-6(7)9(14)8(10(13)15)11(16)17/h2-4,14H,1H3,(H,16,17). The van der Waals surface area contributed by atoms with E-state index >= 15 is 0 Å². The number of hydrogen-bond acceptors (Lipinski definition) is 3. The number of aromatic carboxylic acids is 1. The van der Waals surface area contributed by atoms with Crippen molar-refractivity contribution in [2.45, 2.75) is 0 Å². The summed E-state index contributed by atoms with van der Waals surface area (Å²) >= 11 is 2.05. The first-order chi connectivity index (χ1) is 7.93. The maximum Gasteiger partial charge on any atom is 0.345 e. The van der Waals surface area contributed by atoms with Gasteiger partial charge in [0.2, 0.25) is 0 Å². The van der Waals surface area contributed by atoms with Gasteiger partial charge < -0.3 is 14.8 Å². The molecule has 0 radical (unpaired) electrons. The summed E-state index contributed by atoms with van der Waals surface area (Å²) in [6, 6.07) is 5.09. The number of rotatable bonds is 1. The zero-order valence-electron chi connectivity index (χ0n) is 8.77. The zero-order chi connectivity index (χ0) is 12.7. The highest BCUT2D eigenvalue weighted by Crippen LogP contribution is 2.27. The molecule has 17 heavy (non-hydrogen) atoms. The van der Waals surface area contributed by atoms with Crippen LogP contribution in [0.5, 0.6) is 5.75 Å². The van der Waals surface area contributed by atoms with Gasteiger partial charge in [-0.3, -0.25) is 4.79 Å². The minimum atomic E-state index is -1.43. The normalized spacial score (nSPS) is 10.7. The average Bonchev–Trinajstić information content (AvgIpc) is 2.26. The van der Waals surface area contributed by atoms with Crippen LogP contribution < -0.4 is 5.56 Å². The van der Waals surface area contributed by atoms with Crippen LogP contribution in [-0.2, 0) is 7.05 Å². The van der Waals surface area contributed by atoms with Crippen molar-refractivity contribution in [3.63, 3.8) is 0 Å². The van der Waals surface area contributed by atoms with Gasteiger partial charge in [-0.15, -0.1) is 0 Å². The Kier molecular flexibility index (Phi) is 2.82. The molecule has 2 rings (SSSR count). The fourth-order valence-corrected chi connectivity index (χ4v) is 2.19. The van der Waals surface area contributed by atoms with E-state index in [9.17, 15) is 14.7 Å². The summed E-state index contributed by atoms with van der Waals surface area (Å²) in [5.74, 6) is -1.90. The van der Waals surface area contributed by atoms with Gasteiger partial charge >= 0.3 is 5.97 Å². The van der Waals surface area contributed by atoms with E-state index in [2.05, 4.69) is 0 Å². The number of halogens is 1. The minimum absolute atomic E-state index is 0.358. The first kappa shape index (κ1) is 11.9. The number of fused-ring (bicyclic) bond motifs is 1. The van der Waals surface area contributed by atoms with Crippen LogP contribution in [-0.4, -0.2) is 20.7 Å². The predicted molar refractivity (Wildman–Crippen MR) is 70.5 cm³/mol. The number of hydrogen-bond donors (Lipinski definition) is 2. The number of carbonyl (C=O) groups is 1. The number of aromatic hydroxyl groups is 1. The van der Waals surface area contributed by atoms with E-state index in [-0.39, 0.29) is 0 Å². The van der Waals surface area contributed by atoms with Gasteiger partial charge in [0.15, 0.2) is 5.56 Å². The van der Waals surface area contributed by atoms with Crippen molar-refractivity contribution < 1.29 is 15.0 Å². The third-order valence-corrected chi connectivity index (χ3v) is 3.22. The van der Waals surface area contributed by atoms with Gasteiger partial charge in [-0.25, -0.2) is 4.79 Å². The molecule has 0 amide bonds. The lowest BCUT2D eigenvalue weighted by atomic mass is 10.1. The fraction of sp³-hybridized carbons (Fsp3) is 0.0909. The zero-order valence-corrected chi connectivity index (χ0v) is 10.9. The van der Waals surface area contributed by atoms with E-state index in [1.165, 1.54) is 11.6 Å². The highest BCUT2D eigenvalue weighted by atomic mass is 127. The van der Waals surface area contributed by atoms with Crippen molar-refractivity contribution >= 4 is 39.5 Å². The molecule has 0 spiro atoms. The molecule has 2 aromatic rings. The van der Waals surface area contributed by atoms with Gasteiger partial charge in [0, 0.05) is 16.0 Å². The molecule has 0 bridgehead atoms. The molecule has 0 atom stereocenters. The number of benzene rings is 1. The summed E-state index contributed by atoms with van der Waals surface area (Å²) in [5, 5.41) is 19.1. The maximum atomic E-state index is 11.8. The fourth-order valence-electron chi connectivity index (χ4n) is 1.70. The second-order valence-electron chi connectivity index (χ2n) is 3.55. The molecule has 2 N–H and O–H groups in total. The van der Waals surface area contributed by atoms with Gasteiger partial charge in [0.1, 0.15) is 5.75 Å². The van der Waals surface area contributed by atoms with E-state index in [1.807, 2.05) is 22.6 Å². The predicted octanol–water partition coefficient (Wildman–Crippen LogP) is 1.55. The van der Waals surface area contributed by atoms with Crippen LogP contribution >= 0.6 is 22.6 Å². The SMILES string of the molecule is Cn1c(=O)c(C(=O)O)c(O)c2cc(I)ccc21. The summed E-state index contributed by atoms with van der Waals surface area (Å²) in [4.78, 5) is 22.7. The summed E-state index contributed by atoms with van der Waals surface area (Å²) in [6.45, 7) is 0. The molecule has 0 saturated carbocycles. The molecule has 0 fully saturated rings. The number of carboxylic acid groups (broad SMARTS) is 1. The number of carboxylic acids is 1. The third kappa shape index (κ3) is 1.78. The molecule has 0 aliphatic heterocycles. The molecule has 1 aromatic carbocycles. The van der Waals surface area contributed by atoms with Crippen molar-refractivity contribution in [3.8, 4) is 5.75 Å². The van der Waals surface area contributed by atoms with E-state index in [0.717, 1.165) is 3.57 Å². The van der Waals surface area contributed by atoms with Crippen molar-refractivity contribution in [2.24, 2.45) is 7.05 Å². The summed E-state index contributed by atoms with van der Waals surface area (Å²) < 4.78 is 2.06. The van der Waals surface area contributed by atoms with Crippen molar-refractivity contribution in [1.82, 2.24) is 4.57 Å². The Morgan fingerprint density at radius 2 is 2.06 bits per heavy atom. The Labute approximate surface area is 109 Å². The second-order valence-corrected chi connectivity index (χ2v) is 4.80. The third-order valence-electron chi connectivity index (χ3n) is 2.54. The molecule has 0 unspecified atom stereocenters. The molecule has 88 valence electrons. The monoisotopic (exact) mass is 345 g/mol. The Balaban J connectivity index is 3.06. The molecular formula is C11H8INO4. The van der Waals surface area contributed by atoms with Crippen LogP contribution in [0.4, 0.5) is 0 Å². The van der Waals surface area contributed by atoms with Crippen LogP contribution in [0.2, 0.25) is 0 Å². The molecule has 1 aromatic heterocycles. The molecule has 1 heterocycles. The summed E-state index contributed by atoms with van der Waals surface area (Å²) in [7, 11) is 1.48. The lowest BCUT2D eigenvalue weighted by Crippen LogP contribution is -2.24. The quantitative estimate of drug-likeness (QED) is 0.769. The molecular weight excluding hydrogens is 337 g/mol. The Hall–Kier alpha value is -1.57. The molecule has 5 nitrogen and oxygen atoms in total. The maximum absolute atomic E-state index is 11.8. The highest BCUT2D eigenvalue weighted by molar-refractivity contribution is 14.1. The average molecular weight is 345 g/mol. The molecule has 0 saturated heterocycles. The smallest absolute Gasteiger partial charge is 0.345 e. The number of pyridine rings is 1.